The number of benzene rings is 1. The first-order chi connectivity index (χ1) is 12.6. The smallest absolute Gasteiger partial charge is 0.407 e. The van der Waals surface area contributed by atoms with Crippen molar-refractivity contribution >= 4 is 33.1 Å². The van der Waals surface area contributed by atoms with Crippen LogP contribution in [-0.2, 0) is 4.74 Å². The van der Waals surface area contributed by atoms with E-state index >= 15 is 0 Å². The van der Waals surface area contributed by atoms with E-state index in [0.29, 0.717) is 31.0 Å². The Morgan fingerprint density at radius 3 is 3.00 bits per heavy atom. The lowest BCUT2D eigenvalue weighted by Gasteiger charge is -2.22. The maximum Gasteiger partial charge on any atom is 0.407 e. The minimum Gasteiger partial charge on any atom is -0.491 e. The average molecular weight is 425 g/mol. The molecule has 1 amide bonds. The summed E-state index contributed by atoms with van der Waals surface area (Å²) in [4.78, 5) is 12.5. The Kier molecular flexibility index (Phi) is 4.99. The second-order valence-electron chi connectivity index (χ2n) is 6.82. The van der Waals surface area contributed by atoms with Crippen molar-refractivity contribution in [1.29, 1.82) is 0 Å². The van der Waals surface area contributed by atoms with E-state index in [0.717, 1.165) is 42.3 Å². The number of fused-ring (bicyclic) bond motifs is 1. The first-order valence-electron chi connectivity index (χ1n) is 8.88. The molecule has 3 heterocycles. The first-order valence-corrected chi connectivity index (χ1v) is 9.68. The number of rotatable bonds is 4. The number of carbonyl (C=O) groups is 1. The zero-order valence-electron chi connectivity index (χ0n) is 14.3. The molecule has 0 saturated carbocycles. The Balaban J connectivity index is 1.52. The van der Waals surface area contributed by atoms with Gasteiger partial charge in [-0.15, -0.1) is 5.10 Å². The number of amides is 1. The van der Waals surface area contributed by atoms with Gasteiger partial charge in [0.1, 0.15) is 5.75 Å². The molecular formula is C17H21BrN4O4. The number of aromatic nitrogens is 3. The molecule has 0 bridgehead atoms. The maximum atomic E-state index is 11.0. The molecule has 140 valence electrons. The van der Waals surface area contributed by atoms with Gasteiger partial charge in [-0.3, -0.25) is 0 Å². The summed E-state index contributed by atoms with van der Waals surface area (Å²) in [6, 6.07) is 3.86. The number of halogens is 1. The van der Waals surface area contributed by atoms with Crippen molar-refractivity contribution in [2.24, 2.45) is 5.92 Å². The predicted molar refractivity (Wildman–Crippen MR) is 97.3 cm³/mol. The molecule has 0 spiro atoms. The highest BCUT2D eigenvalue weighted by Crippen LogP contribution is 2.32. The topological polar surface area (TPSA) is 89.7 Å². The molecular weight excluding hydrogens is 404 g/mol. The van der Waals surface area contributed by atoms with Gasteiger partial charge < -0.3 is 19.5 Å². The van der Waals surface area contributed by atoms with Gasteiger partial charge in [0.05, 0.1) is 12.1 Å². The molecule has 0 aliphatic carbocycles. The summed E-state index contributed by atoms with van der Waals surface area (Å²) >= 11 is 3.53. The number of nitrogens with zero attached hydrogens (tertiary/aromatic N) is 4. The monoisotopic (exact) mass is 424 g/mol. The zero-order valence-corrected chi connectivity index (χ0v) is 15.9. The van der Waals surface area contributed by atoms with Crippen molar-refractivity contribution in [2.45, 2.75) is 31.9 Å². The number of hydrogen-bond acceptors (Lipinski definition) is 5. The van der Waals surface area contributed by atoms with Crippen molar-refractivity contribution in [2.75, 3.05) is 26.3 Å². The first kappa shape index (κ1) is 17.5. The van der Waals surface area contributed by atoms with Gasteiger partial charge in [-0.1, -0.05) is 21.1 Å². The third-order valence-corrected chi connectivity index (χ3v) is 5.42. The lowest BCUT2D eigenvalue weighted by Crippen LogP contribution is -2.27. The molecule has 8 nitrogen and oxygen atoms in total. The molecule has 2 unspecified atom stereocenters. The van der Waals surface area contributed by atoms with Gasteiger partial charge in [-0.25, -0.2) is 9.48 Å². The van der Waals surface area contributed by atoms with Crippen LogP contribution in [0.5, 0.6) is 5.75 Å². The van der Waals surface area contributed by atoms with Crippen molar-refractivity contribution < 1.29 is 19.4 Å². The van der Waals surface area contributed by atoms with Gasteiger partial charge >= 0.3 is 6.09 Å². The summed E-state index contributed by atoms with van der Waals surface area (Å²) < 4.78 is 14.5. The molecule has 0 radical (unpaired) electrons. The van der Waals surface area contributed by atoms with Crippen molar-refractivity contribution in [3.63, 3.8) is 0 Å². The van der Waals surface area contributed by atoms with Crippen molar-refractivity contribution in [1.82, 2.24) is 19.9 Å². The summed E-state index contributed by atoms with van der Waals surface area (Å²) in [5.41, 5.74) is 1.58. The van der Waals surface area contributed by atoms with Crippen molar-refractivity contribution in [3.05, 3.63) is 16.6 Å². The Morgan fingerprint density at radius 1 is 1.38 bits per heavy atom. The normalized spacial score (nSPS) is 23.5. The number of ether oxygens (including phenoxy) is 2. The Morgan fingerprint density at radius 2 is 2.27 bits per heavy atom. The van der Waals surface area contributed by atoms with Gasteiger partial charge in [0.25, 0.3) is 0 Å². The summed E-state index contributed by atoms with van der Waals surface area (Å²) in [7, 11) is 0. The van der Waals surface area contributed by atoms with Crippen LogP contribution in [0.4, 0.5) is 4.79 Å². The molecule has 9 heteroatoms. The molecule has 1 N–H and O–H groups in total. The number of likely N-dealkylation sites (tertiary alicyclic amines) is 1. The standard InChI is InChI=1S/C17H21BrN4O4/c18-12-7-13-16(19-20-22(13)15-3-1-2-6-25-15)14(8-12)26-10-11-4-5-21(9-11)17(23)24/h7-8,11,15H,1-6,9-10H2,(H,23,24). The molecule has 2 aromatic rings. The predicted octanol–water partition coefficient (Wildman–Crippen LogP) is 3.27. The maximum absolute atomic E-state index is 11.0. The highest BCUT2D eigenvalue weighted by Gasteiger charge is 2.27. The van der Waals surface area contributed by atoms with Gasteiger partial charge in [0.2, 0.25) is 0 Å². The lowest BCUT2D eigenvalue weighted by atomic mass is 10.1. The van der Waals surface area contributed by atoms with Crippen LogP contribution in [0.3, 0.4) is 0 Å². The molecule has 26 heavy (non-hydrogen) atoms. The lowest BCUT2D eigenvalue weighted by molar-refractivity contribution is -0.0377. The summed E-state index contributed by atoms with van der Waals surface area (Å²) in [6.07, 6.45) is 2.98. The van der Waals surface area contributed by atoms with Crippen LogP contribution in [-0.4, -0.2) is 57.4 Å². The van der Waals surface area contributed by atoms with Gasteiger partial charge in [0.15, 0.2) is 11.7 Å². The Bertz CT molecular complexity index is 805. The average Bonchev–Trinajstić information content (AvgIpc) is 3.27. The van der Waals surface area contributed by atoms with E-state index in [1.54, 1.807) is 0 Å². The molecule has 2 aliphatic heterocycles. The van der Waals surface area contributed by atoms with E-state index in [4.69, 9.17) is 14.6 Å². The Hall–Kier alpha value is -1.87. The van der Waals surface area contributed by atoms with E-state index in [-0.39, 0.29) is 12.1 Å². The fourth-order valence-corrected chi connectivity index (χ4v) is 3.99. The van der Waals surface area contributed by atoms with Gasteiger partial charge in [-0.05, 0) is 37.8 Å². The second kappa shape index (κ2) is 7.40. The van der Waals surface area contributed by atoms with Crippen LogP contribution in [0.25, 0.3) is 11.0 Å². The minimum absolute atomic E-state index is 0.0881. The highest BCUT2D eigenvalue weighted by atomic mass is 79.9. The fraction of sp³-hybridized carbons (Fsp3) is 0.588. The fourth-order valence-electron chi connectivity index (χ4n) is 3.57. The molecule has 1 aromatic carbocycles. The number of hydrogen-bond donors (Lipinski definition) is 1. The van der Waals surface area contributed by atoms with Crippen LogP contribution in [0.15, 0.2) is 16.6 Å². The van der Waals surface area contributed by atoms with Crippen LogP contribution in [0.1, 0.15) is 31.9 Å². The molecule has 2 aliphatic rings. The van der Waals surface area contributed by atoms with Crippen molar-refractivity contribution in [3.8, 4) is 5.75 Å². The SMILES string of the molecule is O=C(O)N1CCC(COc2cc(Br)cc3c2nnn3C2CCCCO2)C1. The molecule has 2 fully saturated rings. The highest BCUT2D eigenvalue weighted by molar-refractivity contribution is 9.10. The number of carboxylic acid groups (broad SMARTS) is 1. The largest absolute Gasteiger partial charge is 0.491 e. The minimum atomic E-state index is -0.868. The van der Waals surface area contributed by atoms with Gasteiger partial charge in [-0.2, -0.15) is 0 Å². The molecule has 2 atom stereocenters. The molecule has 4 rings (SSSR count). The molecule has 1 aromatic heterocycles. The van der Waals surface area contributed by atoms with Crippen LogP contribution < -0.4 is 4.74 Å². The van der Waals surface area contributed by atoms with E-state index < -0.39 is 6.09 Å². The summed E-state index contributed by atoms with van der Waals surface area (Å²) in [5, 5.41) is 17.7. The summed E-state index contributed by atoms with van der Waals surface area (Å²) in [6.45, 7) is 2.27. The summed E-state index contributed by atoms with van der Waals surface area (Å²) in [5.74, 6) is 0.849. The quantitative estimate of drug-likeness (QED) is 0.809. The zero-order chi connectivity index (χ0) is 18.1. The van der Waals surface area contributed by atoms with E-state index in [2.05, 4.69) is 26.2 Å². The third kappa shape index (κ3) is 3.50. The third-order valence-electron chi connectivity index (χ3n) is 4.97. The van der Waals surface area contributed by atoms with Crippen LogP contribution in [0.2, 0.25) is 0 Å². The Labute approximate surface area is 159 Å². The second-order valence-corrected chi connectivity index (χ2v) is 7.74. The van der Waals surface area contributed by atoms with Crippen LogP contribution >= 0.6 is 15.9 Å². The van der Waals surface area contributed by atoms with E-state index in [1.807, 2.05) is 16.8 Å². The van der Waals surface area contributed by atoms with Crippen LogP contribution in [0, 0.1) is 5.92 Å². The molecule has 2 saturated heterocycles. The van der Waals surface area contributed by atoms with Gasteiger partial charge in [0, 0.05) is 30.1 Å². The van der Waals surface area contributed by atoms with E-state index in [9.17, 15) is 4.79 Å². The van der Waals surface area contributed by atoms with E-state index in [1.165, 1.54) is 4.90 Å².